The average Bonchev–Trinajstić information content (AvgIpc) is 2.71. The SMILES string of the molecule is CC1CC(CN)CN1C(=O)c1ccc(F)cn1. The molecule has 1 aromatic rings. The number of amides is 1. The zero-order valence-corrected chi connectivity index (χ0v) is 9.77. The van der Waals surface area contributed by atoms with E-state index in [0.717, 1.165) is 12.6 Å². The molecule has 5 heteroatoms. The van der Waals surface area contributed by atoms with Gasteiger partial charge in [0.1, 0.15) is 11.5 Å². The Balaban J connectivity index is 2.12. The third-order valence-electron chi connectivity index (χ3n) is 3.20. The largest absolute Gasteiger partial charge is 0.334 e. The van der Waals surface area contributed by atoms with Crippen LogP contribution in [0.5, 0.6) is 0 Å². The fourth-order valence-corrected chi connectivity index (χ4v) is 2.25. The summed E-state index contributed by atoms with van der Waals surface area (Å²) in [6, 6.07) is 2.84. The number of halogens is 1. The average molecular weight is 237 g/mol. The summed E-state index contributed by atoms with van der Waals surface area (Å²) in [4.78, 5) is 17.7. The van der Waals surface area contributed by atoms with Crippen LogP contribution in [-0.4, -0.2) is 34.9 Å². The molecule has 2 N–H and O–H groups in total. The molecule has 0 bridgehead atoms. The summed E-state index contributed by atoms with van der Waals surface area (Å²) in [5, 5.41) is 0. The van der Waals surface area contributed by atoms with Gasteiger partial charge >= 0.3 is 0 Å². The first-order valence-corrected chi connectivity index (χ1v) is 5.74. The van der Waals surface area contributed by atoms with Crippen molar-refractivity contribution < 1.29 is 9.18 Å². The van der Waals surface area contributed by atoms with E-state index in [4.69, 9.17) is 5.73 Å². The fraction of sp³-hybridized carbons (Fsp3) is 0.500. The van der Waals surface area contributed by atoms with Gasteiger partial charge in [-0.15, -0.1) is 0 Å². The van der Waals surface area contributed by atoms with E-state index < -0.39 is 5.82 Å². The third kappa shape index (κ3) is 2.44. The maximum absolute atomic E-state index is 12.7. The van der Waals surface area contributed by atoms with Crippen molar-refractivity contribution in [1.82, 2.24) is 9.88 Å². The second kappa shape index (κ2) is 4.79. The zero-order chi connectivity index (χ0) is 12.4. The molecule has 0 saturated carbocycles. The van der Waals surface area contributed by atoms with Crippen molar-refractivity contribution in [1.29, 1.82) is 0 Å². The van der Waals surface area contributed by atoms with Crippen LogP contribution in [0, 0.1) is 11.7 Å². The fourth-order valence-electron chi connectivity index (χ4n) is 2.25. The van der Waals surface area contributed by atoms with Gasteiger partial charge in [0.15, 0.2) is 0 Å². The van der Waals surface area contributed by atoms with Crippen molar-refractivity contribution in [2.24, 2.45) is 11.7 Å². The number of hydrogen-bond donors (Lipinski definition) is 1. The Morgan fingerprint density at radius 3 is 2.94 bits per heavy atom. The van der Waals surface area contributed by atoms with Gasteiger partial charge < -0.3 is 10.6 Å². The van der Waals surface area contributed by atoms with Crippen LogP contribution in [0.1, 0.15) is 23.8 Å². The van der Waals surface area contributed by atoms with Crippen LogP contribution in [0.25, 0.3) is 0 Å². The highest BCUT2D eigenvalue weighted by Gasteiger charge is 2.32. The molecule has 1 amide bonds. The quantitative estimate of drug-likeness (QED) is 0.835. The van der Waals surface area contributed by atoms with Crippen LogP contribution in [-0.2, 0) is 0 Å². The smallest absolute Gasteiger partial charge is 0.272 e. The lowest BCUT2D eigenvalue weighted by Gasteiger charge is -2.20. The molecule has 1 aromatic heterocycles. The van der Waals surface area contributed by atoms with Crippen LogP contribution in [0.3, 0.4) is 0 Å². The number of carbonyl (C=O) groups excluding carboxylic acids is 1. The Bertz CT molecular complexity index is 407. The lowest BCUT2D eigenvalue weighted by atomic mass is 10.1. The summed E-state index contributed by atoms with van der Waals surface area (Å²) >= 11 is 0. The summed E-state index contributed by atoms with van der Waals surface area (Å²) in [6.45, 7) is 3.25. The predicted molar refractivity (Wildman–Crippen MR) is 61.9 cm³/mol. The van der Waals surface area contributed by atoms with Crippen molar-refractivity contribution in [2.45, 2.75) is 19.4 Å². The van der Waals surface area contributed by atoms with Crippen molar-refractivity contribution in [3.63, 3.8) is 0 Å². The van der Waals surface area contributed by atoms with Crippen molar-refractivity contribution >= 4 is 5.91 Å². The van der Waals surface area contributed by atoms with E-state index in [2.05, 4.69) is 4.98 Å². The van der Waals surface area contributed by atoms with Crippen molar-refractivity contribution in [3.8, 4) is 0 Å². The van der Waals surface area contributed by atoms with E-state index in [1.54, 1.807) is 4.90 Å². The highest BCUT2D eigenvalue weighted by molar-refractivity contribution is 5.92. The minimum absolute atomic E-state index is 0.145. The molecule has 2 atom stereocenters. The molecule has 2 heterocycles. The number of rotatable bonds is 2. The van der Waals surface area contributed by atoms with Gasteiger partial charge in [-0.25, -0.2) is 9.37 Å². The van der Waals surface area contributed by atoms with Crippen LogP contribution in [0.2, 0.25) is 0 Å². The summed E-state index contributed by atoms with van der Waals surface area (Å²) in [7, 11) is 0. The molecule has 1 aliphatic heterocycles. The molecule has 92 valence electrons. The van der Waals surface area contributed by atoms with E-state index in [9.17, 15) is 9.18 Å². The summed E-state index contributed by atoms with van der Waals surface area (Å²) in [5.74, 6) is -0.223. The summed E-state index contributed by atoms with van der Waals surface area (Å²) in [5.41, 5.74) is 5.90. The maximum atomic E-state index is 12.7. The number of pyridine rings is 1. The van der Waals surface area contributed by atoms with Crippen LogP contribution in [0.4, 0.5) is 4.39 Å². The number of aromatic nitrogens is 1. The molecule has 0 aromatic carbocycles. The molecule has 1 aliphatic rings. The van der Waals surface area contributed by atoms with Crippen LogP contribution >= 0.6 is 0 Å². The first-order chi connectivity index (χ1) is 8.11. The second-order valence-corrected chi connectivity index (χ2v) is 4.51. The Kier molecular flexibility index (Phi) is 3.38. The van der Waals surface area contributed by atoms with Crippen LogP contribution < -0.4 is 5.73 Å². The maximum Gasteiger partial charge on any atom is 0.272 e. The van der Waals surface area contributed by atoms with Crippen LogP contribution in [0.15, 0.2) is 18.3 Å². The topological polar surface area (TPSA) is 59.2 Å². The molecular weight excluding hydrogens is 221 g/mol. The summed E-state index contributed by atoms with van der Waals surface area (Å²) in [6.07, 6.45) is 1.98. The number of likely N-dealkylation sites (tertiary alicyclic amines) is 1. The highest BCUT2D eigenvalue weighted by Crippen LogP contribution is 2.23. The minimum Gasteiger partial charge on any atom is -0.334 e. The van der Waals surface area contributed by atoms with E-state index in [-0.39, 0.29) is 17.6 Å². The molecular formula is C12H16FN3O. The number of nitrogens with zero attached hydrogens (tertiary/aromatic N) is 2. The van der Waals surface area contributed by atoms with Gasteiger partial charge in [-0.2, -0.15) is 0 Å². The van der Waals surface area contributed by atoms with Gasteiger partial charge in [-0.05, 0) is 37.9 Å². The van der Waals surface area contributed by atoms with Gasteiger partial charge in [-0.3, -0.25) is 4.79 Å². The zero-order valence-electron chi connectivity index (χ0n) is 9.77. The molecule has 0 spiro atoms. The predicted octanol–water partition coefficient (Wildman–Crippen LogP) is 1.03. The Morgan fingerprint density at radius 2 is 2.41 bits per heavy atom. The standard InChI is InChI=1S/C12H16FN3O/c1-8-4-9(5-14)7-16(8)12(17)11-3-2-10(13)6-15-11/h2-3,6,8-9H,4-5,7,14H2,1H3. The van der Waals surface area contributed by atoms with Gasteiger partial charge in [0.2, 0.25) is 0 Å². The number of carbonyl (C=O) groups is 1. The molecule has 0 aliphatic carbocycles. The number of nitrogens with two attached hydrogens (primary N) is 1. The lowest BCUT2D eigenvalue weighted by Crippen LogP contribution is -2.34. The molecule has 1 saturated heterocycles. The van der Waals surface area contributed by atoms with Crippen molar-refractivity contribution in [3.05, 3.63) is 29.8 Å². The van der Waals surface area contributed by atoms with Crippen molar-refractivity contribution in [2.75, 3.05) is 13.1 Å². The first-order valence-electron chi connectivity index (χ1n) is 5.74. The normalized spacial score (nSPS) is 24.1. The van der Waals surface area contributed by atoms with Gasteiger partial charge in [0.05, 0.1) is 6.20 Å². The molecule has 2 rings (SSSR count). The Hall–Kier alpha value is -1.49. The molecule has 1 fully saturated rings. The van der Waals surface area contributed by atoms with E-state index in [1.165, 1.54) is 12.1 Å². The van der Waals surface area contributed by atoms with E-state index in [0.29, 0.717) is 19.0 Å². The molecule has 2 unspecified atom stereocenters. The number of hydrogen-bond acceptors (Lipinski definition) is 3. The van der Waals surface area contributed by atoms with Gasteiger partial charge in [-0.1, -0.05) is 0 Å². The minimum atomic E-state index is -0.434. The highest BCUT2D eigenvalue weighted by atomic mass is 19.1. The third-order valence-corrected chi connectivity index (χ3v) is 3.20. The van der Waals surface area contributed by atoms with E-state index in [1.807, 2.05) is 6.92 Å². The molecule has 17 heavy (non-hydrogen) atoms. The first kappa shape index (κ1) is 12.0. The van der Waals surface area contributed by atoms with Gasteiger partial charge in [0.25, 0.3) is 5.91 Å². The molecule has 4 nitrogen and oxygen atoms in total. The monoisotopic (exact) mass is 237 g/mol. The lowest BCUT2D eigenvalue weighted by molar-refractivity contribution is 0.0737. The Labute approximate surface area is 99.6 Å². The van der Waals surface area contributed by atoms with E-state index >= 15 is 0 Å². The molecule has 0 radical (unpaired) electrons. The second-order valence-electron chi connectivity index (χ2n) is 4.51. The Morgan fingerprint density at radius 1 is 1.65 bits per heavy atom. The van der Waals surface area contributed by atoms with Gasteiger partial charge in [0, 0.05) is 12.6 Å². The summed E-state index contributed by atoms with van der Waals surface area (Å²) < 4.78 is 12.7.